The predicted octanol–water partition coefficient (Wildman–Crippen LogP) is 8.59. The number of hydrogen-bond acceptors (Lipinski definition) is 8. The highest BCUT2D eigenvalue weighted by Gasteiger charge is 2.32. The molecular formula is C44H47N3O6S. The number of methoxy groups -OCH3 is 1. The first kappa shape index (κ1) is 38.6. The van der Waals surface area contributed by atoms with Gasteiger partial charge in [-0.05, 0) is 77.1 Å². The molecule has 1 fully saturated rings. The SMILES string of the molecule is COc1ccccc1SC[C@@H]1C[C@H](c2ccc(CO)cc2)O[C@H](c2cccc(-c3cccc(CNC(=O)CCCCC(=O)Nc4ccccc4N)c3)c2)O1. The number of carbonyl (C=O) groups is 2. The van der Waals surface area contributed by atoms with E-state index in [1.165, 1.54) is 0 Å². The zero-order valence-corrected chi connectivity index (χ0v) is 31.2. The number of anilines is 2. The summed E-state index contributed by atoms with van der Waals surface area (Å²) in [5.74, 6) is 1.38. The summed E-state index contributed by atoms with van der Waals surface area (Å²) in [6, 6.07) is 39.4. The average molecular weight is 746 g/mol. The van der Waals surface area contributed by atoms with Gasteiger partial charge in [-0.3, -0.25) is 9.59 Å². The number of nitrogens with two attached hydrogens (primary N) is 1. The second-order valence-electron chi connectivity index (χ2n) is 13.3. The van der Waals surface area contributed by atoms with Gasteiger partial charge in [0.05, 0.1) is 37.3 Å². The molecule has 54 heavy (non-hydrogen) atoms. The second-order valence-corrected chi connectivity index (χ2v) is 14.3. The van der Waals surface area contributed by atoms with Crippen molar-refractivity contribution in [3.8, 4) is 16.9 Å². The molecule has 0 radical (unpaired) electrons. The molecule has 0 unspecified atom stereocenters. The Hall–Kier alpha value is -5.13. The molecule has 2 amide bonds. The fourth-order valence-corrected chi connectivity index (χ4v) is 7.40. The summed E-state index contributed by atoms with van der Waals surface area (Å²) in [6.07, 6.45) is 1.68. The zero-order valence-electron chi connectivity index (χ0n) is 30.4. The molecule has 5 aromatic carbocycles. The van der Waals surface area contributed by atoms with Gasteiger partial charge in [-0.15, -0.1) is 11.8 Å². The van der Waals surface area contributed by atoms with E-state index < -0.39 is 6.29 Å². The van der Waals surface area contributed by atoms with Crippen molar-refractivity contribution in [2.45, 2.75) is 68.6 Å². The molecule has 0 bridgehead atoms. The van der Waals surface area contributed by atoms with Crippen molar-refractivity contribution in [2.75, 3.05) is 23.9 Å². The van der Waals surface area contributed by atoms with Crippen LogP contribution in [0.3, 0.4) is 0 Å². The Balaban J connectivity index is 1.06. The van der Waals surface area contributed by atoms with Crippen LogP contribution in [-0.4, -0.2) is 35.9 Å². The summed E-state index contributed by atoms with van der Waals surface area (Å²) in [7, 11) is 1.68. The minimum absolute atomic E-state index is 0.00986. The largest absolute Gasteiger partial charge is 0.496 e. The van der Waals surface area contributed by atoms with E-state index in [1.54, 1.807) is 31.0 Å². The number of aliphatic hydroxyl groups excluding tert-OH is 1. The third-order valence-corrected chi connectivity index (χ3v) is 10.5. The van der Waals surface area contributed by atoms with E-state index in [0.29, 0.717) is 50.0 Å². The number of hydrogen-bond donors (Lipinski definition) is 4. The number of carbonyl (C=O) groups excluding carboxylic acids is 2. The van der Waals surface area contributed by atoms with Gasteiger partial charge in [-0.1, -0.05) is 84.9 Å². The second kappa shape index (κ2) is 19.3. The molecule has 1 aliphatic rings. The molecule has 10 heteroatoms. The highest BCUT2D eigenvalue weighted by atomic mass is 32.2. The number of amides is 2. The zero-order chi connectivity index (χ0) is 37.7. The molecule has 1 saturated heterocycles. The Kier molecular flexibility index (Phi) is 13.8. The maximum absolute atomic E-state index is 12.6. The van der Waals surface area contributed by atoms with Gasteiger partial charge in [0.25, 0.3) is 0 Å². The molecule has 9 nitrogen and oxygen atoms in total. The number of unbranched alkanes of at least 4 members (excludes halogenated alkanes) is 1. The van der Waals surface area contributed by atoms with Crippen LogP contribution in [0.5, 0.6) is 5.75 Å². The minimum atomic E-state index is -0.588. The maximum atomic E-state index is 12.6. The van der Waals surface area contributed by atoms with E-state index in [9.17, 15) is 14.7 Å². The number of nitrogens with one attached hydrogen (secondary N) is 2. The van der Waals surface area contributed by atoms with Crippen molar-refractivity contribution in [1.82, 2.24) is 5.32 Å². The van der Waals surface area contributed by atoms with Crippen LogP contribution in [0.2, 0.25) is 0 Å². The number of rotatable bonds is 16. The molecule has 5 N–H and O–H groups in total. The van der Waals surface area contributed by atoms with Crippen LogP contribution < -0.4 is 21.1 Å². The number of ether oxygens (including phenoxy) is 3. The lowest BCUT2D eigenvalue weighted by molar-refractivity contribution is -0.245. The van der Waals surface area contributed by atoms with E-state index in [0.717, 1.165) is 49.8 Å². The van der Waals surface area contributed by atoms with E-state index in [4.69, 9.17) is 19.9 Å². The van der Waals surface area contributed by atoms with Crippen LogP contribution in [0.4, 0.5) is 11.4 Å². The van der Waals surface area contributed by atoms with Crippen LogP contribution in [-0.2, 0) is 32.2 Å². The first-order valence-corrected chi connectivity index (χ1v) is 19.2. The molecule has 1 heterocycles. The summed E-state index contributed by atoms with van der Waals surface area (Å²) >= 11 is 1.71. The van der Waals surface area contributed by atoms with Crippen LogP contribution in [0, 0.1) is 0 Å². The molecule has 3 atom stereocenters. The number of thioether (sulfide) groups is 1. The van der Waals surface area contributed by atoms with Crippen LogP contribution in [0.25, 0.3) is 11.1 Å². The van der Waals surface area contributed by atoms with Gasteiger partial charge in [-0.25, -0.2) is 0 Å². The fraction of sp³-hybridized carbons (Fsp3) is 0.273. The van der Waals surface area contributed by atoms with Gasteiger partial charge in [0.2, 0.25) is 11.8 Å². The topological polar surface area (TPSA) is 132 Å². The predicted molar refractivity (Wildman–Crippen MR) is 214 cm³/mol. The van der Waals surface area contributed by atoms with Gasteiger partial charge in [0, 0.05) is 42.0 Å². The molecular weight excluding hydrogens is 699 g/mol. The van der Waals surface area contributed by atoms with Crippen molar-refractivity contribution in [3.63, 3.8) is 0 Å². The van der Waals surface area contributed by atoms with Crippen LogP contribution in [0.15, 0.2) is 126 Å². The summed E-state index contributed by atoms with van der Waals surface area (Å²) in [5.41, 5.74) is 12.8. The number of para-hydroxylation sites is 3. The number of aliphatic hydroxyl groups is 1. The van der Waals surface area contributed by atoms with Crippen molar-refractivity contribution in [3.05, 3.63) is 144 Å². The summed E-state index contributed by atoms with van der Waals surface area (Å²) in [4.78, 5) is 26.0. The standard InChI is InChI=1S/C44H47N3O6S/c1-51-39-16-4-5-17-41(39)54-29-36-26-40(32-22-20-30(28-48)21-23-32)53-44(52-36)35-13-9-12-34(25-35)33-11-8-10-31(24-33)27-46-42(49)18-6-7-19-43(50)47-38-15-3-2-14-37(38)45/h2-5,8-17,20-25,36,40,44,48H,6-7,18-19,26-29,45H2,1H3,(H,46,49)(H,47,50)/t36-,40+,44+/m0/s1. The van der Waals surface area contributed by atoms with Gasteiger partial charge < -0.3 is 35.7 Å². The Morgan fingerprint density at radius 3 is 2.30 bits per heavy atom. The monoisotopic (exact) mass is 745 g/mol. The van der Waals surface area contributed by atoms with Crippen LogP contribution in [0.1, 0.15) is 66.8 Å². The third-order valence-electron chi connectivity index (χ3n) is 9.31. The molecule has 0 aromatic heterocycles. The van der Waals surface area contributed by atoms with Gasteiger partial charge in [0.1, 0.15) is 5.75 Å². The lowest BCUT2D eigenvalue weighted by Gasteiger charge is -2.36. The normalized spacial score (nSPS) is 16.7. The minimum Gasteiger partial charge on any atom is -0.496 e. The lowest BCUT2D eigenvalue weighted by Crippen LogP contribution is -2.31. The Morgan fingerprint density at radius 1 is 0.796 bits per heavy atom. The highest BCUT2D eigenvalue weighted by Crippen LogP contribution is 2.41. The van der Waals surface area contributed by atoms with Gasteiger partial charge in [-0.2, -0.15) is 0 Å². The third kappa shape index (κ3) is 10.7. The van der Waals surface area contributed by atoms with Gasteiger partial charge >= 0.3 is 0 Å². The molecule has 5 aromatic rings. The Bertz CT molecular complexity index is 2010. The van der Waals surface area contributed by atoms with E-state index in [2.05, 4.69) is 41.0 Å². The lowest BCUT2D eigenvalue weighted by atomic mass is 9.99. The van der Waals surface area contributed by atoms with Crippen molar-refractivity contribution in [1.29, 1.82) is 0 Å². The van der Waals surface area contributed by atoms with Crippen molar-refractivity contribution in [2.24, 2.45) is 0 Å². The molecule has 0 aliphatic carbocycles. The molecule has 6 rings (SSSR count). The Morgan fingerprint density at radius 2 is 1.52 bits per heavy atom. The average Bonchev–Trinajstić information content (AvgIpc) is 3.22. The first-order chi connectivity index (χ1) is 26.4. The molecule has 1 aliphatic heterocycles. The Labute approximate surface area is 321 Å². The first-order valence-electron chi connectivity index (χ1n) is 18.2. The molecule has 280 valence electrons. The van der Waals surface area contributed by atoms with Gasteiger partial charge in [0.15, 0.2) is 6.29 Å². The summed E-state index contributed by atoms with van der Waals surface area (Å²) < 4.78 is 18.8. The van der Waals surface area contributed by atoms with Crippen molar-refractivity contribution >= 4 is 35.0 Å². The highest BCUT2D eigenvalue weighted by molar-refractivity contribution is 7.99. The maximum Gasteiger partial charge on any atom is 0.224 e. The molecule has 0 saturated carbocycles. The summed E-state index contributed by atoms with van der Waals surface area (Å²) in [6.45, 7) is 0.390. The fourth-order valence-electron chi connectivity index (χ4n) is 6.35. The van der Waals surface area contributed by atoms with E-state index >= 15 is 0 Å². The van der Waals surface area contributed by atoms with E-state index in [1.807, 2.05) is 78.9 Å². The molecule has 0 spiro atoms. The van der Waals surface area contributed by atoms with Crippen LogP contribution >= 0.6 is 11.8 Å². The van der Waals surface area contributed by atoms with Crippen molar-refractivity contribution < 1.29 is 28.9 Å². The van der Waals surface area contributed by atoms with E-state index in [-0.39, 0.29) is 30.6 Å². The quantitative estimate of drug-likeness (QED) is 0.0449. The number of nitrogen functional groups attached to an aromatic ring is 1. The number of benzene rings is 5. The smallest absolute Gasteiger partial charge is 0.224 e. The summed E-state index contributed by atoms with van der Waals surface area (Å²) in [5, 5.41) is 15.4.